The Morgan fingerprint density at radius 3 is 2.91 bits per heavy atom. The zero-order chi connectivity index (χ0) is 16.1. The molecule has 2 heterocycles. The van der Waals surface area contributed by atoms with Gasteiger partial charge < -0.3 is 20.7 Å². The standard InChI is InChI=1S/C14H23N3O4S/c1-8(13(19)21-2)15-11(18)6-4-3-5-10-12-9(7-22-10)16-14(20)17-12/h8-10,12H,3-7H2,1-2H3,(H,15,18)(H2,16,17,20). The number of rotatable bonds is 7. The Kier molecular flexibility index (Phi) is 5.93. The van der Waals surface area contributed by atoms with E-state index in [1.54, 1.807) is 6.92 Å². The molecule has 3 N–H and O–H groups in total. The quantitative estimate of drug-likeness (QED) is 0.357. The van der Waals surface area contributed by atoms with E-state index in [2.05, 4.69) is 20.7 Å². The summed E-state index contributed by atoms with van der Waals surface area (Å²) in [7, 11) is 1.30. The van der Waals surface area contributed by atoms with Gasteiger partial charge in [-0.25, -0.2) is 9.59 Å². The van der Waals surface area contributed by atoms with Gasteiger partial charge in [0.25, 0.3) is 0 Å². The van der Waals surface area contributed by atoms with E-state index in [-0.39, 0.29) is 24.0 Å². The Hall–Kier alpha value is -1.44. The third-order valence-corrected chi connectivity index (χ3v) is 5.52. The van der Waals surface area contributed by atoms with Crippen molar-refractivity contribution in [1.29, 1.82) is 0 Å². The molecule has 2 aliphatic heterocycles. The molecule has 0 saturated carbocycles. The molecule has 4 atom stereocenters. The van der Waals surface area contributed by atoms with Crippen molar-refractivity contribution < 1.29 is 19.1 Å². The Labute approximate surface area is 134 Å². The van der Waals surface area contributed by atoms with Crippen molar-refractivity contribution in [3.05, 3.63) is 0 Å². The van der Waals surface area contributed by atoms with Crippen LogP contribution < -0.4 is 16.0 Å². The SMILES string of the molecule is COC(=O)C(C)NC(=O)CCCCC1SCC2NC(=O)NC21. The smallest absolute Gasteiger partial charge is 0.328 e. The highest BCUT2D eigenvalue weighted by atomic mass is 32.2. The summed E-state index contributed by atoms with van der Waals surface area (Å²) in [5.74, 6) is 0.377. The van der Waals surface area contributed by atoms with Crippen molar-refractivity contribution in [3.63, 3.8) is 0 Å². The number of amides is 3. The molecule has 4 unspecified atom stereocenters. The minimum Gasteiger partial charge on any atom is -0.467 e. The molecule has 0 aromatic carbocycles. The second-order valence-corrected chi connectivity index (χ2v) is 6.95. The fraction of sp³-hybridized carbons (Fsp3) is 0.786. The van der Waals surface area contributed by atoms with E-state index in [0.29, 0.717) is 11.7 Å². The molecule has 7 nitrogen and oxygen atoms in total. The van der Waals surface area contributed by atoms with Gasteiger partial charge in [-0.3, -0.25) is 4.79 Å². The zero-order valence-corrected chi connectivity index (χ0v) is 13.7. The van der Waals surface area contributed by atoms with Crippen LogP contribution in [-0.2, 0) is 14.3 Å². The minimum atomic E-state index is -0.608. The summed E-state index contributed by atoms with van der Waals surface area (Å²) in [5.41, 5.74) is 0. The third-order valence-electron chi connectivity index (χ3n) is 4.01. The molecular formula is C14H23N3O4S. The molecule has 22 heavy (non-hydrogen) atoms. The fourth-order valence-corrected chi connectivity index (χ4v) is 4.37. The van der Waals surface area contributed by atoms with E-state index in [4.69, 9.17) is 0 Å². The zero-order valence-electron chi connectivity index (χ0n) is 12.9. The second kappa shape index (κ2) is 7.71. The van der Waals surface area contributed by atoms with Crippen LogP contribution >= 0.6 is 11.8 Å². The maximum absolute atomic E-state index is 11.7. The summed E-state index contributed by atoms with van der Waals surface area (Å²) in [6, 6.07) is -0.225. The van der Waals surface area contributed by atoms with Gasteiger partial charge in [-0.05, 0) is 19.8 Å². The number of methoxy groups -OCH3 is 1. The monoisotopic (exact) mass is 329 g/mol. The number of unbranched alkanes of at least 4 members (excludes halogenated alkanes) is 1. The van der Waals surface area contributed by atoms with E-state index >= 15 is 0 Å². The molecule has 0 bridgehead atoms. The molecule has 2 saturated heterocycles. The number of fused-ring (bicyclic) bond motifs is 1. The Balaban J connectivity index is 1.60. The maximum Gasteiger partial charge on any atom is 0.328 e. The number of nitrogens with one attached hydrogen (secondary N) is 3. The molecule has 0 spiro atoms. The van der Waals surface area contributed by atoms with Crippen LogP contribution in [0.3, 0.4) is 0 Å². The first-order valence-electron chi connectivity index (χ1n) is 7.57. The first-order valence-corrected chi connectivity index (χ1v) is 8.62. The molecule has 2 rings (SSSR count). The molecule has 124 valence electrons. The van der Waals surface area contributed by atoms with Gasteiger partial charge in [0, 0.05) is 17.4 Å². The largest absolute Gasteiger partial charge is 0.467 e. The van der Waals surface area contributed by atoms with Crippen molar-refractivity contribution in [2.24, 2.45) is 0 Å². The molecule has 2 aliphatic rings. The van der Waals surface area contributed by atoms with Gasteiger partial charge in [-0.15, -0.1) is 0 Å². The van der Waals surface area contributed by atoms with Gasteiger partial charge in [0.1, 0.15) is 6.04 Å². The molecule has 8 heteroatoms. The number of carbonyl (C=O) groups is 3. The Bertz CT molecular complexity index is 446. The summed E-state index contributed by atoms with van der Waals surface area (Å²) in [6.07, 6.45) is 3.08. The minimum absolute atomic E-state index is 0.0727. The first kappa shape index (κ1) is 16.9. The lowest BCUT2D eigenvalue weighted by atomic mass is 10.0. The van der Waals surface area contributed by atoms with Gasteiger partial charge >= 0.3 is 12.0 Å². The highest BCUT2D eigenvalue weighted by Gasteiger charge is 2.42. The van der Waals surface area contributed by atoms with Crippen molar-refractivity contribution in [1.82, 2.24) is 16.0 Å². The number of esters is 1. The summed E-state index contributed by atoms with van der Waals surface area (Å²) in [6.45, 7) is 1.61. The average Bonchev–Trinajstić information content (AvgIpc) is 3.02. The number of hydrogen-bond donors (Lipinski definition) is 3. The van der Waals surface area contributed by atoms with Gasteiger partial charge in [0.2, 0.25) is 5.91 Å². The fourth-order valence-electron chi connectivity index (χ4n) is 2.82. The van der Waals surface area contributed by atoms with Crippen LogP contribution in [0.5, 0.6) is 0 Å². The van der Waals surface area contributed by atoms with E-state index in [0.717, 1.165) is 25.0 Å². The third kappa shape index (κ3) is 4.28. The van der Waals surface area contributed by atoms with Crippen molar-refractivity contribution in [2.45, 2.75) is 56.0 Å². The lowest BCUT2D eigenvalue weighted by Gasteiger charge is -2.16. The van der Waals surface area contributed by atoms with Gasteiger partial charge in [-0.2, -0.15) is 11.8 Å². The predicted octanol–water partition coefficient (Wildman–Crippen LogP) is 0.390. The van der Waals surface area contributed by atoms with Crippen LogP contribution in [0, 0.1) is 0 Å². The summed E-state index contributed by atoms with van der Waals surface area (Å²) >= 11 is 1.87. The van der Waals surface area contributed by atoms with Gasteiger partial charge in [0.05, 0.1) is 19.2 Å². The summed E-state index contributed by atoms with van der Waals surface area (Å²) in [4.78, 5) is 34.2. The van der Waals surface area contributed by atoms with Crippen LogP contribution in [0.25, 0.3) is 0 Å². The topological polar surface area (TPSA) is 96.5 Å². The molecule has 0 aromatic heterocycles. The van der Waals surface area contributed by atoms with Gasteiger partial charge in [0.15, 0.2) is 0 Å². The van der Waals surface area contributed by atoms with Gasteiger partial charge in [-0.1, -0.05) is 6.42 Å². The summed E-state index contributed by atoms with van der Waals surface area (Å²) in [5, 5.41) is 8.91. The van der Waals surface area contributed by atoms with Crippen LogP contribution in [0.4, 0.5) is 4.79 Å². The number of thioether (sulfide) groups is 1. The van der Waals surface area contributed by atoms with Crippen LogP contribution in [0.1, 0.15) is 32.6 Å². The predicted molar refractivity (Wildman–Crippen MR) is 83.6 cm³/mol. The highest BCUT2D eigenvalue weighted by molar-refractivity contribution is 8.00. The average molecular weight is 329 g/mol. The van der Waals surface area contributed by atoms with Crippen molar-refractivity contribution in [2.75, 3.05) is 12.9 Å². The van der Waals surface area contributed by atoms with E-state index in [1.165, 1.54) is 7.11 Å². The second-order valence-electron chi connectivity index (χ2n) is 5.68. The molecule has 0 aromatic rings. The van der Waals surface area contributed by atoms with Crippen LogP contribution in [0.15, 0.2) is 0 Å². The lowest BCUT2D eigenvalue weighted by Crippen LogP contribution is -2.39. The molecule has 2 fully saturated rings. The number of carbonyl (C=O) groups excluding carboxylic acids is 3. The maximum atomic E-state index is 11.7. The van der Waals surface area contributed by atoms with E-state index < -0.39 is 12.0 Å². The van der Waals surface area contributed by atoms with Crippen LogP contribution in [-0.4, -0.2) is 54.1 Å². The van der Waals surface area contributed by atoms with Crippen LogP contribution in [0.2, 0.25) is 0 Å². The number of urea groups is 1. The molecule has 0 aliphatic carbocycles. The molecule has 0 radical (unpaired) electrons. The highest BCUT2D eigenvalue weighted by Crippen LogP contribution is 2.33. The lowest BCUT2D eigenvalue weighted by molar-refractivity contribution is -0.144. The summed E-state index contributed by atoms with van der Waals surface area (Å²) < 4.78 is 4.56. The Morgan fingerprint density at radius 2 is 2.18 bits per heavy atom. The van der Waals surface area contributed by atoms with E-state index in [1.807, 2.05) is 11.8 Å². The van der Waals surface area contributed by atoms with Crippen molar-refractivity contribution >= 4 is 29.7 Å². The number of hydrogen-bond acceptors (Lipinski definition) is 5. The molecular weight excluding hydrogens is 306 g/mol. The number of ether oxygens (including phenoxy) is 1. The van der Waals surface area contributed by atoms with E-state index in [9.17, 15) is 14.4 Å². The molecule has 3 amide bonds. The first-order chi connectivity index (χ1) is 10.5. The van der Waals surface area contributed by atoms with Crippen molar-refractivity contribution in [3.8, 4) is 0 Å². The Morgan fingerprint density at radius 1 is 1.41 bits per heavy atom. The normalized spacial score (nSPS) is 27.5.